The van der Waals surface area contributed by atoms with Crippen LogP contribution in [-0.2, 0) is 0 Å². The van der Waals surface area contributed by atoms with Crippen LogP contribution in [0.15, 0.2) is 24.3 Å². The highest BCUT2D eigenvalue weighted by Crippen LogP contribution is 2.32. The Bertz CT molecular complexity index is 610. The van der Waals surface area contributed by atoms with Gasteiger partial charge in [-0.05, 0) is 24.6 Å². The Morgan fingerprint density at radius 3 is 1.84 bits per heavy atom. The molecule has 2 aromatic carbocycles. The van der Waals surface area contributed by atoms with Gasteiger partial charge in [0, 0.05) is 0 Å². The number of hydrogen-bond acceptors (Lipinski definition) is 1. The quantitative estimate of drug-likeness (QED) is 0.445. The molecule has 1 nitrogen and oxygen atoms in total. The van der Waals surface area contributed by atoms with E-state index >= 15 is 0 Å². The summed E-state index contributed by atoms with van der Waals surface area (Å²) >= 11 is 0. The Balaban J connectivity index is 2.52. The van der Waals surface area contributed by atoms with Crippen LogP contribution in [0.1, 0.15) is 5.56 Å². The van der Waals surface area contributed by atoms with E-state index in [1.165, 1.54) is 18.2 Å². The van der Waals surface area contributed by atoms with Crippen LogP contribution < -0.4 is 4.74 Å². The summed E-state index contributed by atoms with van der Waals surface area (Å²) in [6, 6.07) is 5.95. The van der Waals surface area contributed by atoms with Gasteiger partial charge in [0.15, 0.2) is 0 Å². The van der Waals surface area contributed by atoms with Gasteiger partial charge in [0.25, 0.3) is 0 Å². The van der Waals surface area contributed by atoms with Crippen molar-refractivity contribution < 1.29 is 26.7 Å². The third-order valence-electron chi connectivity index (χ3n) is 2.38. The molecule has 0 radical (unpaired) electrons. The summed E-state index contributed by atoms with van der Waals surface area (Å²) in [5.41, 5.74) is 0.710. The van der Waals surface area contributed by atoms with Crippen molar-refractivity contribution in [3.63, 3.8) is 0 Å². The zero-order valence-corrected chi connectivity index (χ0v) is 9.61. The van der Waals surface area contributed by atoms with Gasteiger partial charge in [0.2, 0.25) is 34.8 Å². The molecule has 0 saturated heterocycles. The lowest BCUT2D eigenvalue weighted by molar-refractivity contribution is 0.332. The molecule has 0 bridgehead atoms. The maximum absolute atomic E-state index is 13.3. The Morgan fingerprint density at radius 1 is 0.789 bits per heavy atom. The number of hydrogen-bond donors (Lipinski definition) is 0. The van der Waals surface area contributed by atoms with E-state index in [0.29, 0.717) is 5.56 Å². The van der Waals surface area contributed by atoms with Gasteiger partial charge in [0.05, 0.1) is 0 Å². The minimum Gasteiger partial charge on any atom is -0.451 e. The molecule has 0 amide bonds. The third-order valence-corrected chi connectivity index (χ3v) is 2.38. The predicted octanol–water partition coefficient (Wildman–Crippen LogP) is 4.48. The lowest BCUT2D eigenvalue weighted by atomic mass is 10.2. The van der Waals surface area contributed by atoms with E-state index in [0.717, 1.165) is 0 Å². The van der Waals surface area contributed by atoms with E-state index in [4.69, 9.17) is 4.74 Å². The summed E-state index contributed by atoms with van der Waals surface area (Å²) < 4.78 is 70.1. The molecule has 0 atom stereocenters. The van der Waals surface area contributed by atoms with Gasteiger partial charge < -0.3 is 4.74 Å². The maximum Gasteiger partial charge on any atom is 0.207 e. The molecule has 0 unspecified atom stereocenters. The smallest absolute Gasteiger partial charge is 0.207 e. The Labute approximate surface area is 105 Å². The molecule has 2 aromatic rings. The van der Waals surface area contributed by atoms with E-state index < -0.39 is 34.8 Å². The molecule has 0 aliphatic carbocycles. The van der Waals surface area contributed by atoms with Crippen molar-refractivity contribution in [2.75, 3.05) is 0 Å². The average molecular weight is 274 g/mol. The standard InChI is InChI=1S/C13H7F5O/c1-6-3-2-4-7(5-6)19-13-11(17)9(15)8(14)10(16)12(13)18/h2-5H,1H3. The Kier molecular flexibility index (Phi) is 3.42. The van der Waals surface area contributed by atoms with Crippen LogP contribution in [0.25, 0.3) is 0 Å². The summed E-state index contributed by atoms with van der Waals surface area (Å²) in [6.45, 7) is 1.69. The third kappa shape index (κ3) is 2.38. The van der Waals surface area contributed by atoms with Gasteiger partial charge in [-0.3, -0.25) is 0 Å². The first kappa shape index (κ1) is 13.3. The second-order valence-electron chi connectivity index (χ2n) is 3.82. The summed E-state index contributed by atoms with van der Waals surface area (Å²) in [6.07, 6.45) is 0. The van der Waals surface area contributed by atoms with Gasteiger partial charge in [-0.15, -0.1) is 0 Å². The first-order valence-electron chi connectivity index (χ1n) is 5.17. The van der Waals surface area contributed by atoms with Crippen molar-refractivity contribution in [3.05, 3.63) is 58.9 Å². The molecule has 0 heterocycles. The van der Waals surface area contributed by atoms with Crippen molar-refractivity contribution in [2.24, 2.45) is 0 Å². The lowest BCUT2D eigenvalue weighted by Gasteiger charge is -2.10. The lowest BCUT2D eigenvalue weighted by Crippen LogP contribution is -2.04. The van der Waals surface area contributed by atoms with E-state index in [-0.39, 0.29) is 5.75 Å². The number of benzene rings is 2. The summed E-state index contributed by atoms with van der Waals surface area (Å²) in [7, 11) is 0. The minimum atomic E-state index is -2.22. The van der Waals surface area contributed by atoms with Crippen LogP contribution in [0.3, 0.4) is 0 Å². The average Bonchev–Trinajstić information content (AvgIpc) is 2.39. The molecule has 0 saturated carbocycles. The molecule has 100 valence electrons. The number of halogens is 5. The van der Waals surface area contributed by atoms with Gasteiger partial charge in [0.1, 0.15) is 5.75 Å². The molecule has 0 aliphatic heterocycles. The Morgan fingerprint density at radius 2 is 1.32 bits per heavy atom. The maximum atomic E-state index is 13.3. The molecule has 2 rings (SSSR count). The van der Waals surface area contributed by atoms with Gasteiger partial charge in [-0.25, -0.2) is 13.2 Å². The largest absolute Gasteiger partial charge is 0.451 e. The predicted molar refractivity (Wildman–Crippen MR) is 57.5 cm³/mol. The zero-order chi connectivity index (χ0) is 14.2. The molecule has 0 aromatic heterocycles. The van der Waals surface area contributed by atoms with Crippen molar-refractivity contribution in [2.45, 2.75) is 6.92 Å². The molecule has 0 fully saturated rings. The highest BCUT2D eigenvalue weighted by molar-refractivity contribution is 5.36. The number of aryl methyl sites for hydroxylation is 1. The first-order valence-corrected chi connectivity index (χ1v) is 5.17. The van der Waals surface area contributed by atoms with Gasteiger partial charge in [-0.2, -0.15) is 8.78 Å². The van der Waals surface area contributed by atoms with Crippen molar-refractivity contribution in [3.8, 4) is 11.5 Å². The van der Waals surface area contributed by atoms with Crippen molar-refractivity contribution in [1.29, 1.82) is 0 Å². The second-order valence-corrected chi connectivity index (χ2v) is 3.82. The van der Waals surface area contributed by atoms with Crippen molar-refractivity contribution in [1.82, 2.24) is 0 Å². The highest BCUT2D eigenvalue weighted by atomic mass is 19.2. The van der Waals surface area contributed by atoms with E-state index in [9.17, 15) is 22.0 Å². The molecule has 6 heteroatoms. The minimum absolute atomic E-state index is 0.0248. The Hall–Kier alpha value is -2.11. The highest BCUT2D eigenvalue weighted by Gasteiger charge is 2.27. The fourth-order valence-electron chi connectivity index (χ4n) is 1.47. The van der Waals surface area contributed by atoms with Gasteiger partial charge in [-0.1, -0.05) is 12.1 Å². The monoisotopic (exact) mass is 274 g/mol. The van der Waals surface area contributed by atoms with Crippen LogP contribution >= 0.6 is 0 Å². The van der Waals surface area contributed by atoms with Crippen LogP contribution in [0, 0.1) is 36.0 Å². The van der Waals surface area contributed by atoms with E-state index in [1.54, 1.807) is 13.0 Å². The topological polar surface area (TPSA) is 9.23 Å². The molecular formula is C13H7F5O. The van der Waals surface area contributed by atoms with Crippen molar-refractivity contribution >= 4 is 0 Å². The fourth-order valence-corrected chi connectivity index (χ4v) is 1.47. The summed E-state index contributed by atoms with van der Waals surface area (Å²) in [5.74, 6) is -11.6. The zero-order valence-electron chi connectivity index (χ0n) is 9.61. The fraction of sp³-hybridized carbons (Fsp3) is 0.0769. The first-order chi connectivity index (χ1) is 8.91. The van der Waals surface area contributed by atoms with Crippen LogP contribution in [0.4, 0.5) is 22.0 Å². The molecular weight excluding hydrogens is 267 g/mol. The van der Waals surface area contributed by atoms with Crippen LogP contribution in [0.2, 0.25) is 0 Å². The molecule has 0 spiro atoms. The number of rotatable bonds is 2. The van der Waals surface area contributed by atoms with Crippen LogP contribution in [-0.4, -0.2) is 0 Å². The molecule has 0 N–H and O–H groups in total. The molecule has 19 heavy (non-hydrogen) atoms. The van der Waals surface area contributed by atoms with Crippen LogP contribution in [0.5, 0.6) is 11.5 Å². The van der Waals surface area contributed by atoms with E-state index in [2.05, 4.69) is 0 Å². The van der Waals surface area contributed by atoms with Gasteiger partial charge >= 0.3 is 0 Å². The molecule has 0 aliphatic rings. The normalized spacial score (nSPS) is 10.6. The SMILES string of the molecule is Cc1cccc(Oc2c(F)c(F)c(F)c(F)c2F)c1. The summed E-state index contributed by atoms with van der Waals surface area (Å²) in [4.78, 5) is 0. The second kappa shape index (κ2) is 4.87. The summed E-state index contributed by atoms with van der Waals surface area (Å²) in [5, 5.41) is 0. The van der Waals surface area contributed by atoms with E-state index in [1.807, 2.05) is 0 Å². The number of ether oxygens (including phenoxy) is 1.